The Morgan fingerprint density at radius 2 is 0.438 bits per heavy atom. The summed E-state index contributed by atoms with van der Waals surface area (Å²) in [6, 6.07) is 82.7. The van der Waals surface area contributed by atoms with Crippen molar-refractivity contribution in [3.63, 3.8) is 0 Å². The summed E-state index contributed by atoms with van der Waals surface area (Å²) in [7, 11) is 0. The molecule has 0 spiro atoms. The lowest BCUT2D eigenvalue weighted by Crippen LogP contribution is -2.23. The van der Waals surface area contributed by atoms with E-state index < -0.39 is 0 Å². The lowest BCUT2D eigenvalue weighted by atomic mass is 10.0. The van der Waals surface area contributed by atoms with Gasteiger partial charge in [-0.2, -0.15) is 0 Å². The highest BCUT2D eigenvalue weighted by Gasteiger charge is 2.32. The molecule has 64 heavy (non-hydrogen) atoms. The average molecular weight is 822 g/mol. The van der Waals surface area contributed by atoms with E-state index in [1.807, 2.05) is 18.2 Å². The zero-order valence-electron chi connectivity index (χ0n) is 34.6. The molecule has 7 nitrogen and oxygen atoms in total. The summed E-state index contributed by atoms with van der Waals surface area (Å²) >= 11 is 0. The second-order valence-corrected chi connectivity index (χ2v) is 15.7. The van der Waals surface area contributed by atoms with Crippen LogP contribution in [0.25, 0.3) is 34.2 Å². The average Bonchev–Trinajstić information content (AvgIpc) is 3.37. The highest BCUT2D eigenvalue weighted by Crippen LogP contribution is 2.55. The third kappa shape index (κ3) is 6.34. The molecule has 0 atom stereocenters. The number of rotatable bonds is 7. The van der Waals surface area contributed by atoms with Crippen LogP contribution in [-0.4, -0.2) is 15.0 Å². The number of fused-ring (bicyclic) bond motifs is 4. The smallest absolute Gasteiger partial charge is 0.164 e. The van der Waals surface area contributed by atoms with Crippen molar-refractivity contribution in [1.82, 2.24) is 15.0 Å². The molecule has 2 aliphatic rings. The Labute approximate surface area is 372 Å². The van der Waals surface area contributed by atoms with E-state index in [4.69, 9.17) is 15.0 Å². The lowest BCUT2D eigenvalue weighted by molar-refractivity contribution is 1.07. The molecule has 1 aromatic heterocycles. The van der Waals surface area contributed by atoms with Crippen LogP contribution in [0.4, 0.5) is 68.2 Å². The number of hydrogen-bond donors (Lipinski definition) is 0. The second-order valence-electron chi connectivity index (χ2n) is 15.7. The summed E-state index contributed by atoms with van der Waals surface area (Å²) in [4.78, 5) is 25.0. The molecular formula is C57H39N7. The van der Waals surface area contributed by atoms with Crippen LogP contribution in [-0.2, 0) is 0 Å². The first-order chi connectivity index (χ1) is 31.8. The van der Waals surface area contributed by atoms with Crippen LogP contribution in [0.5, 0.6) is 0 Å². The predicted octanol–water partition coefficient (Wildman–Crippen LogP) is 15.4. The lowest BCUT2D eigenvalue weighted by Gasteiger charge is -2.40. The minimum absolute atomic E-state index is 0.591. The van der Waals surface area contributed by atoms with Crippen LogP contribution in [0.2, 0.25) is 0 Å². The van der Waals surface area contributed by atoms with Gasteiger partial charge >= 0.3 is 0 Å². The number of benzene rings is 9. The number of aromatic nitrogens is 3. The van der Waals surface area contributed by atoms with Crippen molar-refractivity contribution < 1.29 is 0 Å². The first-order valence-electron chi connectivity index (χ1n) is 21.5. The third-order valence-corrected chi connectivity index (χ3v) is 11.9. The largest absolute Gasteiger partial charge is 0.306 e. The van der Waals surface area contributed by atoms with Gasteiger partial charge in [-0.15, -0.1) is 0 Å². The molecule has 0 radical (unpaired) electrons. The fourth-order valence-electron chi connectivity index (χ4n) is 9.07. The summed E-state index contributed by atoms with van der Waals surface area (Å²) in [5.74, 6) is 1.79. The first-order valence-corrected chi connectivity index (χ1v) is 21.5. The summed E-state index contributed by atoms with van der Waals surface area (Å²) in [5, 5.41) is 0. The number of nitrogens with zero attached hydrogens (tertiary/aromatic N) is 7. The van der Waals surface area contributed by atoms with Gasteiger partial charge in [0.05, 0.1) is 45.5 Å². The fraction of sp³-hybridized carbons (Fsp3) is 0. The van der Waals surface area contributed by atoms with Crippen molar-refractivity contribution in [1.29, 1.82) is 0 Å². The first kappa shape index (κ1) is 37.0. The Morgan fingerprint density at radius 3 is 0.766 bits per heavy atom. The van der Waals surface area contributed by atoms with E-state index in [0.717, 1.165) is 84.9 Å². The molecule has 0 bridgehead atoms. The zero-order valence-corrected chi connectivity index (χ0v) is 34.6. The van der Waals surface area contributed by atoms with Crippen LogP contribution in [0.3, 0.4) is 0 Å². The van der Waals surface area contributed by atoms with Gasteiger partial charge in [0.1, 0.15) is 0 Å². The van der Waals surface area contributed by atoms with Crippen molar-refractivity contribution in [2.24, 2.45) is 0 Å². The quantitative estimate of drug-likeness (QED) is 0.159. The van der Waals surface area contributed by atoms with E-state index in [1.54, 1.807) is 0 Å². The molecule has 0 amide bonds. The summed E-state index contributed by atoms with van der Waals surface area (Å²) < 4.78 is 0. The highest BCUT2D eigenvalue weighted by atomic mass is 15.3. The molecule has 0 unspecified atom stereocenters. The third-order valence-electron chi connectivity index (χ3n) is 11.9. The molecule has 0 fully saturated rings. The summed E-state index contributed by atoms with van der Waals surface area (Å²) in [5.41, 5.74) is 15.6. The molecule has 2 aliphatic heterocycles. The van der Waals surface area contributed by atoms with Crippen LogP contribution in [0.15, 0.2) is 237 Å². The molecule has 0 N–H and O–H groups in total. The Morgan fingerprint density at radius 1 is 0.203 bits per heavy atom. The molecule has 302 valence electrons. The molecule has 0 saturated heterocycles. The Kier molecular flexibility index (Phi) is 9.01. The van der Waals surface area contributed by atoms with E-state index in [-0.39, 0.29) is 0 Å². The van der Waals surface area contributed by atoms with Gasteiger partial charge in [-0.25, -0.2) is 15.0 Å². The summed E-state index contributed by atoms with van der Waals surface area (Å²) in [6.07, 6.45) is 0. The van der Waals surface area contributed by atoms with E-state index in [2.05, 4.69) is 238 Å². The predicted molar refractivity (Wildman–Crippen MR) is 262 cm³/mol. The standard InChI is InChI=1S/C57H39N7/c1-4-20-40(21-5-1)55-58-56(41-22-18-28-45(38-41)63-51-34-14-10-30-47(51)61(43-24-6-2-7-25-43)48-31-11-15-35-52(48)63)60-57(59-55)42-23-19-29-46(39-42)64-53-36-16-12-32-49(53)62(44-26-8-3-9-27-44)50-33-13-17-37-54(50)64/h1-39H. The van der Waals surface area contributed by atoms with Gasteiger partial charge in [-0.1, -0.05) is 140 Å². The van der Waals surface area contributed by atoms with Crippen LogP contribution >= 0.6 is 0 Å². The number of anilines is 12. The minimum Gasteiger partial charge on any atom is -0.306 e. The Balaban J connectivity index is 0.980. The van der Waals surface area contributed by atoms with Crippen molar-refractivity contribution in [3.05, 3.63) is 237 Å². The summed E-state index contributed by atoms with van der Waals surface area (Å²) in [6.45, 7) is 0. The van der Waals surface area contributed by atoms with Gasteiger partial charge in [-0.3, -0.25) is 0 Å². The fourth-order valence-corrected chi connectivity index (χ4v) is 9.07. The highest BCUT2D eigenvalue weighted by molar-refractivity contribution is 6.03. The Hall–Kier alpha value is -8.81. The van der Waals surface area contributed by atoms with E-state index in [0.29, 0.717) is 17.5 Å². The SMILES string of the molecule is c1ccc(-c2nc(-c3cccc(N4c5ccccc5N(c5ccccc5)c5ccccc54)c3)nc(-c3cccc(N4c5ccccc5N(c5ccccc5)c5ccccc54)c3)n2)cc1. The molecule has 10 aromatic rings. The van der Waals surface area contributed by atoms with Crippen molar-refractivity contribution >= 4 is 68.2 Å². The van der Waals surface area contributed by atoms with E-state index in [1.165, 1.54) is 0 Å². The number of hydrogen-bond acceptors (Lipinski definition) is 7. The van der Waals surface area contributed by atoms with Gasteiger partial charge in [-0.05, 0) is 97.1 Å². The van der Waals surface area contributed by atoms with Crippen molar-refractivity contribution in [2.45, 2.75) is 0 Å². The molecule has 7 heteroatoms. The van der Waals surface area contributed by atoms with Gasteiger partial charge in [0.2, 0.25) is 0 Å². The molecule has 0 saturated carbocycles. The molecular weight excluding hydrogens is 783 g/mol. The molecule has 12 rings (SSSR count). The molecule has 3 heterocycles. The topological polar surface area (TPSA) is 51.6 Å². The zero-order chi connectivity index (χ0) is 42.4. The van der Waals surface area contributed by atoms with Gasteiger partial charge in [0, 0.05) is 39.4 Å². The Bertz CT molecular complexity index is 3020. The van der Waals surface area contributed by atoms with Crippen molar-refractivity contribution in [2.75, 3.05) is 19.6 Å². The maximum atomic E-state index is 5.28. The number of para-hydroxylation sites is 10. The maximum Gasteiger partial charge on any atom is 0.164 e. The second kappa shape index (κ2) is 15.6. The van der Waals surface area contributed by atoms with E-state index >= 15 is 0 Å². The van der Waals surface area contributed by atoms with Crippen LogP contribution in [0, 0.1) is 0 Å². The van der Waals surface area contributed by atoms with Crippen molar-refractivity contribution in [3.8, 4) is 34.2 Å². The monoisotopic (exact) mass is 821 g/mol. The van der Waals surface area contributed by atoms with Crippen LogP contribution in [0.1, 0.15) is 0 Å². The molecule has 9 aromatic carbocycles. The minimum atomic E-state index is 0.591. The maximum absolute atomic E-state index is 5.28. The normalized spacial score (nSPS) is 12.6. The molecule has 0 aliphatic carbocycles. The van der Waals surface area contributed by atoms with Gasteiger partial charge in [0.25, 0.3) is 0 Å². The van der Waals surface area contributed by atoms with Gasteiger partial charge in [0.15, 0.2) is 17.5 Å². The van der Waals surface area contributed by atoms with Gasteiger partial charge < -0.3 is 19.6 Å². The van der Waals surface area contributed by atoms with E-state index in [9.17, 15) is 0 Å². The van der Waals surface area contributed by atoms with Crippen LogP contribution < -0.4 is 19.6 Å².